The van der Waals surface area contributed by atoms with Crippen molar-refractivity contribution in [1.82, 2.24) is 5.32 Å². The molecule has 0 fully saturated rings. The van der Waals surface area contributed by atoms with E-state index in [1.807, 2.05) is 13.0 Å². The van der Waals surface area contributed by atoms with Crippen molar-refractivity contribution in [1.29, 1.82) is 0 Å². The molecule has 0 unspecified atom stereocenters. The van der Waals surface area contributed by atoms with E-state index in [1.165, 1.54) is 16.7 Å². The van der Waals surface area contributed by atoms with Crippen LogP contribution in [0.1, 0.15) is 24.1 Å². The summed E-state index contributed by atoms with van der Waals surface area (Å²) in [5, 5.41) is 3.58. The van der Waals surface area contributed by atoms with E-state index in [-0.39, 0.29) is 0 Å². The molecule has 1 aromatic carbocycles. The smallest absolute Gasteiger partial charge is 0.0579 e. The number of hydrogen-bond acceptors (Lipinski definition) is 1. The first-order valence-corrected chi connectivity index (χ1v) is 6.13. The van der Waals surface area contributed by atoms with E-state index in [2.05, 4.69) is 54.4 Å². The highest BCUT2D eigenvalue weighted by Crippen LogP contribution is 2.29. The van der Waals surface area contributed by atoms with Crippen molar-refractivity contribution in [2.24, 2.45) is 0 Å². The standard InChI is InChI=1S/C16H19N/c1-3-7-14(8-4-2)16-15-10-6-5-9-13(15)11-12-17-16/h3-10,16-17H,1,11-12H2,2H3/b8-4-,14-7+/t16-/m0/s1. The third kappa shape index (κ3) is 2.56. The minimum absolute atomic E-state index is 0.300. The lowest BCUT2D eigenvalue weighted by Crippen LogP contribution is -2.30. The number of benzene rings is 1. The minimum Gasteiger partial charge on any atom is -0.306 e. The molecule has 0 aromatic heterocycles. The van der Waals surface area contributed by atoms with Gasteiger partial charge in [-0.15, -0.1) is 0 Å². The molecule has 17 heavy (non-hydrogen) atoms. The van der Waals surface area contributed by atoms with Crippen LogP contribution < -0.4 is 5.32 Å². The molecule has 0 aliphatic carbocycles. The van der Waals surface area contributed by atoms with E-state index < -0.39 is 0 Å². The highest BCUT2D eigenvalue weighted by atomic mass is 14.9. The summed E-state index contributed by atoms with van der Waals surface area (Å²) >= 11 is 0. The number of hydrogen-bond donors (Lipinski definition) is 1. The molecule has 0 saturated heterocycles. The van der Waals surface area contributed by atoms with Crippen molar-refractivity contribution < 1.29 is 0 Å². The van der Waals surface area contributed by atoms with Crippen molar-refractivity contribution in [2.75, 3.05) is 6.54 Å². The lowest BCUT2D eigenvalue weighted by atomic mass is 9.89. The summed E-state index contributed by atoms with van der Waals surface area (Å²) < 4.78 is 0. The van der Waals surface area contributed by atoms with Gasteiger partial charge in [0.25, 0.3) is 0 Å². The van der Waals surface area contributed by atoms with E-state index in [0.717, 1.165) is 13.0 Å². The fourth-order valence-corrected chi connectivity index (χ4v) is 2.38. The van der Waals surface area contributed by atoms with Crippen molar-refractivity contribution in [3.63, 3.8) is 0 Å². The number of allylic oxidation sites excluding steroid dienone is 3. The number of rotatable bonds is 3. The molecule has 0 amide bonds. The molecule has 1 aromatic rings. The Labute approximate surface area is 104 Å². The second-order valence-corrected chi connectivity index (χ2v) is 4.24. The lowest BCUT2D eigenvalue weighted by molar-refractivity contribution is 0.567. The molecule has 1 aliphatic heterocycles. The van der Waals surface area contributed by atoms with Gasteiger partial charge in [-0.1, -0.05) is 55.1 Å². The summed E-state index contributed by atoms with van der Waals surface area (Å²) in [5.41, 5.74) is 4.12. The zero-order chi connectivity index (χ0) is 12.1. The highest BCUT2D eigenvalue weighted by molar-refractivity contribution is 5.42. The summed E-state index contributed by atoms with van der Waals surface area (Å²) in [6.45, 7) is 6.88. The molecule has 1 nitrogen and oxygen atoms in total. The van der Waals surface area contributed by atoms with Crippen LogP contribution in [0.2, 0.25) is 0 Å². The van der Waals surface area contributed by atoms with Gasteiger partial charge in [0.2, 0.25) is 0 Å². The van der Waals surface area contributed by atoms with Gasteiger partial charge in [-0.2, -0.15) is 0 Å². The Bertz CT molecular complexity index is 454. The first-order chi connectivity index (χ1) is 8.36. The average Bonchev–Trinajstić information content (AvgIpc) is 2.38. The molecule has 1 heterocycles. The molecule has 0 bridgehead atoms. The van der Waals surface area contributed by atoms with Crippen molar-refractivity contribution in [2.45, 2.75) is 19.4 Å². The van der Waals surface area contributed by atoms with Gasteiger partial charge in [0.15, 0.2) is 0 Å². The molecule has 1 atom stereocenters. The Balaban J connectivity index is 2.40. The van der Waals surface area contributed by atoms with Crippen molar-refractivity contribution in [3.05, 3.63) is 71.8 Å². The predicted molar refractivity (Wildman–Crippen MR) is 74.0 cm³/mol. The van der Waals surface area contributed by atoms with Crippen LogP contribution in [0.3, 0.4) is 0 Å². The zero-order valence-corrected chi connectivity index (χ0v) is 10.3. The molecule has 88 valence electrons. The van der Waals surface area contributed by atoms with E-state index in [9.17, 15) is 0 Å². The summed E-state index contributed by atoms with van der Waals surface area (Å²) in [4.78, 5) is 0. The SMILES string of the molecule is C=C/C=C(\C=C/C)[C@@H]1NCCc2ccccc21. The van der Waals surface area contributed by atoms with Crippen LogP contribution in [0, 0.1) is 0 Å². The molecule has 2 rings (SSSR count). The monoisotopic (exact) mass is 225 g/mol. The zero-order valence-electron chi connectivity index (χ0n) is 10.3. The molecule has 1 N–H and O–H groups in total. The Hall–Kier alpha value is -1.60. The summed E-state index contributed by atoms with van der Waals surface area (Å²) in [5.74, 6) is 0. The Morgan fingerprint density at radius 2 is 2.24 bits per heavy atom. The van der Waals surface area contributed by atoms with Gasteiger partial charge < -0.3 is 5.32 Å². The van der Waals surface area contributed by atoms with E-state index in [1.54, 1.807) is 0 Å². The first kappa shape index (κ1) is 11.9. The van der Waals surface area contributed by atoms with Gasteiger partial charge in [-0.25, -0.2) is 0 Å². The number of nitrogens with one attached hydrogen (secondary N) is 1. The maximum atomic E-state index is 3.80. The van der Waals surface area contributed by atoms with Gasteiger partial charge in [-0.05, 0) is 30.0 Å². The second-order valence-electron chi connectivity index (χ2n) is 4.24. The molecule has 0 spiro atoms. The molecule has 1 aliphatic rings. The second kappa shape index (κ2) is 5.65. The van der Waals surface area contributed by atoms with Gasteiger partial charge in [0.05, 0.1) is 6.04 Å². The molecule has 0 saturated carbocycles. The maximum Gasteiger partial charge on any atom is 0.0579 e. The minimum atomic E-state index is 0.300. The van der Waals surface area contributed by atoms with Crippen LogP contribution in [-0.4, -0.2) is 6.54 Å². The largest absolute Gasteiger partial charge is 0.306 e. The van der Waals surface area contributed by atoms with Gasteiger partial charge in [0.1, 0.15) is 0 Å². The van der Waals surface area contributed by atoms with Gasteiger partial charge in [-0.3, -0.25) is 0 Å². The van der Waals surface area contributed by atoms with E-state index >= 15 is 0 Å². The Morgan fingerprint density at radius 1 is 1.41 bits per heavy atom. The topological polar surface area (TPSA) is 12.0 Å². The molecule has 1 heteroatoms. The Morgan fingerprint density at radius 3 is 3.00 bits per heavy atom. The number of fused-ring (bicyclic) bond motifs is 1. The predicted octanol–water partition coefficient (Wildman–Crippen LogP) is 3.56. The summed E-state index contributed by atoms with van der Waals surface area (Å²) in [6.07, 6.45) is 9.29. The van der Waals surface area contributed by atoms with E-state index in [0.29, 0.717) is 6.04 Å². The van der Waals surface area contributed by atoms with Crippen LogP contribution in [0.25, 0.3) is 0 Å². The van der Waals surface area contributed by atoms with Crippen molar-refractivity contribution in [3.8, 4) is 0 Å². The van der Waals surface area contributed by atoms with Crippen molar-refractivity contribution >= 4 is 0 Å². The van der Waals surface area contributed by atoms with E-state index in [4.69, 9.17) is 0 Å². The lowest BCUT2D eigenvalue weighted by Gasteiger charge is -2.28. The molecule has 0 radical (unpaired) electrons. The van der Waals surface area contributed by atoms with Crippen LogP contribution in [0.15, 0.2) is 60.7 Å². The summed E-state index contributed by atoms with van der Waals surface area (Å²) in [7, 11) is 0. The maximum absolute atomic E-state index is 3.80. The fourth-order valence-electron chi connectivity index (χ4n) is 2.38. The van der Waals surface area contributed by atoms with Crippen LogP contribution in [0.5, 0.6) is 0 Å². The quantitative estimate of drug-likeness (QED) is 0.776. The van der Waals surface area contributed by atoms with Crippen LogP contribution in [0.4, 0.5) is 0 Å². The fraction of sp³-hybridized carbons (Fsp3) is 0.250. The molecular weight excluding hydrogens is 206 g/mol. The average molecular weight is 225 g/mol. The highest BCUT2D eigenvalue weighted by Gasteiger charge is 2.20. The first-order valence-electron chi connectivity index (χ1n) is 6.13. The molecular formula is C16H19N. The normalized spacial score (nSPS) is 20.3. The van der Waals surface area contributed by atoms with Gasteiger partial charge >= 0.3 is 0 Å². The third-order valence-electron chi connectivity index (χ3n) is 3.11. The summed E-state index contributed by atoms with van der Waals surface area (Å²) in [6, 6.07) is 8.97. The van der Waals surface area contributed by atoms with Crippen LogP contribution in [-0.2, 0) is 6.42 Å². The Kier molecular flexibility index (Phi) is 3.94. The van der Waals surface area contributed by atoms with Crippen LogP contribution >= 0.6 is 0 Å². The third-order valence-corrected chi connectivity index (χ3v) is 3.11. The van der Waals surface area contributed by atoms with Gasteiger partial charge in [0, 0.05) is 6.54 Å².